The van der Waals surface area contributed by atoms with E-state index in [1.165, 1.54) is 16.0 Å². The topological polar surface area (TPSA) is 42.0 Å². The van der Waals surface area contributed by atoms with Crippen molar-refractivity contribution in [2.45, 2.75) is 17.7 Å². The van der Waals surface area contributed by atoms with E-state index in [2.05, 4.69) is 28.5 Å². The normalized spacial score (nSPS) is 12.4. The highest BCUT2D eigenvalue weighted by atomic mass is 32.2. The van der Waals surface area contributed by atoms with Gasteiger partial charge in [-0.2, -0.15) is 0 Å². The van der Waals surface area contributed by atoms with Crippen LogP contribution in [0.5, 0.6) is 0 Å². The summed E-state index contributed by atoms with van der Waals surface area (Å²) in [5, 5.41) is 3.62. The lowest BCUT2D eigenvalue weighted by Crippen LogP contribution is -2.11. The average Bonchev–Trinajstić information content (AvgIpc) is 3.04. The second-order valence-corrected chi connectivity index (χ2v) is 7.59. The SMILES string of the molecule is CSc1ccc(C(=O)Nc2nc3c(s2)CCc2ccccc2-3)cc1. The summed E-state index contributed by atoms with van der Waals surface area (Å²) in [6.45, 7) is 0. The molecule has 0 saturated carbocycles. The highest BCUT2D eigenvalue weighted by molar-refractivity contribution is 7.98. The van der Waals surface area contributed by atoms with Crippen molar-refractivity contribution in [2.75, 3.05) is 11.6 Å². The standard InChI is InChI=1S/C19H16N2OS2/c1-23-14-9-6-13(7-10-14)18(22)21-19-20-17-15-5-3-2-4-12(15)8-11-16(17)24-19/h2-7,9-10H,8,11H2,1H3,(H,20,21,22). The molecule has 4 rings (SSSR count). The molecular weight excluding hydrogens is 336 g/mol. The van der Waals surface area contributed by atoms with Crippen LogP contribution in [0.4, 0.5) is 5.13 Å². The number of nitrogens with one attached hydrogen (secondary N) is 1. The molecule has 0 fully saturated rings. The van der Waals surface area contributed by atoms with Crippen LogP contribution in [0.25, 0.3) is 11.3 Å². The van der Waals surface area contributed by atoms with E-state index in [0.29, 0.717) is 10.7 Å². The molecule has 1 aromatic heterocycles. The fraction of sp³-hybridized carbons (Fsp3) is 0.158. The van der Waals surface area contributed by atoms with Gasteiger partial charge in [-0.25, -0.2) is 4.98 Å². The number of thioether (sulfide) groups is 1. The van der Waals surface area contributed by atoms with Gasteiger partial charge in [-0.15, -0.1) is 23.1 Å². The minimum absolute atomic E-state index is 0.109. The van der Waals surface area contributed by atoms with Crippen LogP contribution < -0.4 is 5.32 Å². The number of aryl methyl sites for hydroxylation is 2. The van der Waals surface area contributed by atoms with Crippen molar-refractivity contribution < 1.29 is 4.79 Å². The Bertz CT molecular complexity index is 900. The van der Waals surface area contributed by atoms with Gasteiger partial charge >= 0.3 is 0 Å². The molecule has 3 nitrogen and oxygen atoms in total. The van der Waals surface area contributed by atoms with Crippen molar-refractivity contribution >= 4 is 34.1 Å². The van der Waals surface area contributed by atoms with Gasteiger partial charge in [0.05, 0.1) is 5.69 Å². The van der Waals surface area contributed by atoms with Gasteiger partial charge in [-0.05, 0) is 48.9 Å². The Labute approximate surface area is 149 Å². The van der Waals surface area contributed by atoms with E-state index in [1.54, 1.807) is 23.1 Å². The molecule has 3 aromatic rings. The number of fused-ring (bicyclic) bond motifs is 3. The second kappa shape index (κ2) is 6.42. The van der Waals surface area contributed by atoms with Gasteiger partial charge in [0.25, 0.3) is 5.91 Å². The number of carbonyl (C=O) groups excluding carboxylic acids is 1. The molecule has 5 heteroatoms. The summed E-state index contributed by atoms with van der Waals surface area (Å²) in [5.74, 6) is -0.109. The maximum Gasteiger partial charge on any atom is 0.257 e. The fourth-order valence-corrected chi connectivity index (χ4v) is 4.29. The smallest absolute Gasteiger partial charge is 0.257 e. The number of thiazole rings is 1. The van der Waals surface area contributed by atoms with Crippen LogP contribution in [-0.4, -0.2) is 17.1 Å². The maximum absolute atomic E-state index is 12.4. The largest absolute Gasteiger partial charge is 0.298 e. The fourth-order valence-electron chi connectivity index (χ4n) is 2.91. The summed E-state index contributed by atoms with van der Waals surface area (Å²) < 4.78 is 0. The van der Waals surface area contributed by atoms with E-state index in [-0.39, 0.29) is 5.91 Å². The molecule has 0 atom stereocenters. The number of rotatable bonds is 3. The molecule has 120 valence electrons. The first-order chi connectivity index (χ1) is 11.7. The van der Waals surface area contributed by atoms with Crippen LogP contribution in [-0.2, 0) is 12.8 Å². The number of amides is 1. The van der Waals surface area contributed by atoms with Crippen LogP contribution in [0, 0.1) is 0 Å². The summed E-state index contributed by atoms with van der Waals surface area (Å²) in [7, 11) is 0. The molecule has 1 heterocycles. The Morgan fingerprint density at radius 1 is 1.12 bits per heavy atom. The van der Waals surface area contributed by atoms with E-state index in [0.717, 1.165) is 23.4 Å². The summed E-state index contributed by atoms with van der Waals surface area (Å²) in [4.78, 5) is 19.5. The molecule has 2 aromatic carbocycles. The van der Waals surface area contributed by atoms with E-state index < -0.39 is 0 Å². The average molecular weight is 352 g/mol. The molecule has 1 amide bonds. The molecule has 0 bridgehead atoms. The first-order valence-electron chi connectivity index (χ1n) is 7.78. The van der Waals surface area contributed by atoms with Gasteiger partial charge in [0.1, 0.15) is 0 Å². The van der Waals surface area contributed by atoms with Gasteiger partial charge in [0.15, 0.2) is 5.13 Å². The van der Waals surface area contributed by atoms with Gasteiger partial charge in [0.2, 0.25) is 0 Å². The number of anilines is 1. The summed E-state index contributed by atoms with van der Waals surface area (Å²) in [5.41, 5.74) is 4.21. The maximum atomic E-state index is 12.4. The van der Waals surface area contributed by atoms with Gasteiger partial charge in [-0.3, -0.25) is 10.1 Å². The number of hydrogen-bond acceptors (Lipinski definition) is 4. The highest BCUT2D eigenvalue weighted by Gasteiger charge is 2.21. The quantitative estimate of drug-likeness (QED) is 0.683. The lowest BCUT2D eigenvalue weighted by molar-refractivity contribution is 0.102. The van der Waals surface area contributed by atoms with Crippen molar-refractivity contribution in [3.63, 3.8) is 0 Å². The summed E-state index contributed by atoms with van der Waals surface area (Å²) >= 11 is 3.25. The first-order valence-corrected chi connectivity index (χ1v) is 9.82. The zero-order chi connectivity index (χ0) is 16.5. The number of nitrogens with zero attached hydrogens (tertiary/aromatic N) is 1. The van der Waals surface area contributed by atoms with Crippen LogP contribution in [0.1, 0.15) is 20.8 Å². The number of aromatic nitrogens is 1. The van der Waals surface area contributed by atoms with Crippen LogP contribution in [0.15, 0.2) is 53.4 Å². The van der Waals surface area contributed by atoms with Gasteiger partial charge in [0, 0.05) is 20.9 Å². The number of carbonyl (C=O) groups is 1. The molecule has 24 heavy (non-hydrogen) atoms. The molecule has 1 aliphatic rings. The Kier molecular flexibility index (Phi) is 4.12. The lowest BCUT2D eigenvalue weighted by atomic mass is 9.94. The molecular formula is C19H16N2OS2. The number of benzene rings is 2. The minimum Gasteiger partial charge on any atom is -0.298 e. The Morgan fingerprint density at radius 2 is 1.92 bits per heavy atom. The van der Waals surface area contributed by atoms with Gasteiger partial charge < -0.3 is 0 Å². The van der Waals surface area contributed by atoms with Crippen molar-refractivity contribution in [1.29, 1.82) is 0 Å². The minimum atomic E-state index is -0.109. The monoisotopic (exact) mass is 352 g/mol. The third-order valence-corrected chi connectivity index (χ3v) is 5.94. The van der Waals surface area contributed by atoms with E-state index in [9.17, 15) is 4.79 Å². The van der Waals surface area contributed by atoms with Crippen LogP contribution in [0.2, 0.25) is 0 Å². The predicted molar refractivity (Wildman–Crippen MR) is 101 cm³/mol. The lowest BCUT2D eigenvalue weighted by Gasteiger charge is -2.13. The first kappa shape index (κ1) is 15.4. The van der Waals surface area contributed by atoms with Crippen molar-refractivity contribution in [3.05, 3.63) is 64.5 Å². The molecule has 0 saturated heterocycles. The highest BCUT2D eigenvalue weighted by Crippen LogP contribution is 2.38. The van der Waals surface area contributed by atoms with Crippen LogP contribution in [0.3, 0.4) is 0 Å². The third-order valence-electron chi connectivity index (χ3n) is 4.16. The van der Waals surface area contributed by atoms with E-state index in [4.69, 9.17) is 0 Å². The summed E-state index contributed by atoms with van der Waals surface area (Å²) in [6.07, 6.45) is 4.05. The third kappa shape index (κ3) is 2.85. The molecule has 0 radical (unpaired) electrons. The van der Waals surface area contributed by atoms with Crippen molar-refractivity contribution in [2.24, 2.45) is 0 Å². The van der Waals surface area contributed by atoms with Gasteiger partial charge in [-0.1, -0.05) is 24.3 Å². The molecule has 0 unspecified atom stereocenters. The Balaban J connectivity index is 1.58. The zero-order valence-electron chi connectivity index (χ0n) is 13.2. The molecule has 1 N–H and O–H groups in total. The second-order valence-electron chi connectivity index (χ2n) is 5.63. The Morgan fingerprint density at radius 3 is 2.71 bits per heavy atom. The summed E-state index contributed by atoms with van der Waals surface area (Å²) in [6, 6.07) is 16.0. The van der Waals surface area contributed by atoms with Crippen LogP contribution >= 0.6 is 23.1 Å². The van der Waals surface area contributed by atoms with Crippen molar-refractivity contribution in [1.82, 2.24) is 4.98 Å². The number of hydrogen-bond donors (Lipinski definition) is 1. The predicted octanol–water partition coefficient (Wildman–Crippen LogP) is 4.88. The Hall–Kier alpha value is -2.11. The van der Waals surface area contributed by atoms with E-state index in [1.807, 2.05) is 36.6 Å². The van der Waals surface area contributed by atoms with E-state index >= 15 is 0 Å². The van der Waals surface area contributed by atoms with Crippen molar-refractivity contribution in [3.8, 4) is 11.3 Å². The molecule has 0 aliphatic heterocycles. The molecule has 0 spiro atoms. The molecule has 1 aliphatic carbocycles. The zero-order valence-corrected chi connectivity index (χ0v) is 14.8.